The van der Waals surface area contributed by atoms with Crippen LogP contribution in [-0.2, 0) is 4.79 Å². The lowest BCUT2D eigenvalue weighted by molar-refractivity contribution is -0.132. The summed E-state index contributed by atoms with van der Waals surface area (Å²) in [7, 11) is 0. The Hall–Kier alpha value is -1.88. The van der Waals surface area contributed by atoms with E-state index in [0.29, 0.717) is 31.7 Å². The Balaban J connectivity index is 2.06. The Morgan fingerprint density at radius 1 is 1.33 bits per heavy atom. The molecule has 2 rings (SSSR count). The van der Waals surface area contributed by atoms with Crippen LogP contribution < -0.4 is 11.1 Å². The molecule has 5 nitrogen and oxygen atoms in total. The van der Waals surface area contributed by atoms with Gasteiger partial charge >= 0.3 is 0 Å². The van der Waals surface area contributed by atoms with Gasteiger partial charge in [-0.2, -0.15) is 0 Å². The summed E-state index contributed by atoms with van der Waals surface area (Å²) in [6.07, 6.45) is 1.63. The van der Waals surface area contributed by atoms with Gasteiger partial charge in [0.15, 0.2) is 0 Å². The number of piperidine rings is 1. The van der Waals surface area contributed by atoms with E-state index in [4.69, 9.17) is 5.73 Å². The number of hydrogen-bond donors (Lipinski definition) is 2. The monoisotopic (exact) mass is 289 g/mol. The predicted molar refractivity (Wildman–Crippen MR) is 81.8 cm³/mol. The van der Waals surface area contributed by atoms with Crippen LogP contribution in [0.3, 0.4) is 0 Å². The molecule has 0 spiro atoms. The smallest absolute Gasteiger partial charge is 0.253 e. The number of hydrogen-bond acceptors (Lipinski definition) is 3. The molecule has 5 heteroatoms. The molecular formula is C16H23N3O2. The van der Waals surface area contributed by atoms with Crippen molar-refractivity contribution in [1.82, 2.24) is 10.2 Å². The Labute approximate surface area is 125 Å². The summed E-state index contributed by atoms with van der Waals surface area (Å²) in [6, 6.07) is 9.21. The number of benzene rings is 1. The average Bonchev–Trinajstić information content (AvgIpc) is 2.52. The van der Waals surface area contributed by atoms with Crippen molar-refractivity contribution in [2.24, 2.45) is 11.1 Å². The fourth-order valence-electron chi connectivity index (χ4n) is 2.76. The van der Waals surface area contributed by atoms with Crippen LogP contribution in [0.1, 0.15) is 30.1 Å². The molecule has 0 radical (unpaired) electrons. The highest BCUT2D eigenvalue weighted by molar-refractivity contribution is 5.95. The maximum atomic E-state index is 12.5. The van der Waals surface area contributed by atoms with Crippen LogP contribution >= 0.6 is 0 Å². The molecule has 0 aliphatic carbocycles. The summed E-state index contributed by atoms with van der Waals surface area (Å²) in [5.41, 5.74) is 5.56. The summed E-state index contributed by atoms with van der Waals surface area (Å²) < 4.78 is 0. The van der Waals surface area contributed by atoms with E-state index in [1.807, 2.05) is 37.3 Å². The highest BCUT2D eigenvalue weighted by atomic mass is 16.2. The quantitative estimate of drug-likeness (QED) is 0.868. The van der Waals surface area contributed by atoms with E-state index in [0.717, 1.165) is 12.8 Å². The normalized spacial score (nSPS) is 21.9. The molecule has 1 saturated heterocycles. The van der Waals surface area contributed by atoms with Crippen LogP contribution in [0.25, 0.3) is 0 Å². The molecule has 1 aliphatic rings. The lowest BCUT2D eigenvalue weighted by Crippen LogP contribution is -2.52. The summed E-state index contributed by atoms with van der Waals surface area (Å²) in [6.45, 7) is 3.98. The van der Waals surface area contributed by atoms with Crippen LogP contribution in [0.4, 0.5) is 0 Å². The van der Waals surface area contributed by atoms with E-state index in [9.17, 15) is 9.59 Å². The molecule has 0 bridgehead atoms. The minimum absolute atomic E-state index is 0.00634. The van der Waals surface area contributed by atoms with E-state index in [2.05, 4.69) is 5.32 Å². The molecular weight excluding hydrogens is 266 g/mol. The van der Waals surface area contributed by atoms with Crippen molar-refractivity contribution < 1.29 is 9.59 Å². The van der Waals surface area contributed by atoms with Crippen molar-refractivity contribution in [3.63, 3.8) is 0 Å². The van der Waals surface area contributed by atoms with Gasteiger partial charge in [-0.05, 0) is 31.9 Å². The fourth-order valence-corrected chi connectivity index (χ4v) is 2.76. The SMILES string of the molecule is CC1(C(=O)NCCN)CCCN(C(=O)c2ccccc2)C1. The number of carbonyl (C=O) groups is 2. The van der Waals surface area contributed by atoms with Gasteiger partial charge < -0.3 is 16.0 Å². The molecule has 0 saturated carbocycles. The van der Waals surface area contributed by atoms with E-state index in [1.54, 1.807) is 4.90 Å². The minimum atomic E-state index is -0.530. The molecule has 3 N–H and O–H groups in total. The van der Waals surface area contributed by atoms with E-state index in [-0.39, 0.29) is 11.8 Å². The number of amides is 2. The number of rotatable bonds is 4. The zero-order valence-electron chi connectivity index (χ0n) is 12.5. The Kier molecular flexibility index (Phi) is 4.96. The van der Waals surface area contributed by atoms with Crippen LogP contribution in [0.15, 0.2) is 30.3 Å². The van der Waals surface area contributed by atoms with Crippen molar-refractivity contribution in [1.29, 1.82) is 0 Å². The van der Waals surface area contributed by atoms with Gasteiger partial charge in [-0.1, -0.05) is 18.2 Å². The Morgan fingerprint density at radius 2 is 2.05 bits per heavy atom. The largest absolute Gasteiger partial charge is 0.354 e. The maximum Gasteiger partial charge on any atom is 0.253 e. The zero-order valence-corrected chi connectivity index (χ0v) is 12.5. The first-order chi connectivity index (χ1) is 10.1. The first-order valence-corrected chi connectivity index (χ1v) is 7.39. The average molecular weight is 289 g/mol. The topological polar surface area (TPSA) is 75.4 Å². The van der Waals surface area contributed by atoms with Crippen LogP contribution in [0.5, 0.6) is 0 Å². The number of likely N-dealkylation sites (tertiary alicyclic amines) is 1. The predicted octanol–water partition coefficient (Wildman–Crippen LogP) is 1.00. The lowest BCUT2D eigenvalue weighted by Gasteiger charge is -2.39. The number of carbonyl (C=O) groups excluding carboxylic acids is 2. The van der Waals surface area contributed by atoms with Gasteiger partial charge in [0.1, 0.15) is 0 Å². The van der Waals surface area contributed by atoms with Crippen molar-refractivity contribution >= 4 is 11.8 Å². The molecule has 114 valence electrons. The van der Waals surface area contributed by atoms with Crippen LogP contribution in [-0.4, -0.2) is 42.9 Å². The van der Waals surface area contributed by atoms with Gasteiger partial charge in [-0.15, -0.1) is 0 Å². The second kappa shape index (κ2) is 6.72. The zero-order chi connectivity index (χ0) is 15.3. The number of nitrogens with two attached hydrogens (primary N) is 1. The van der Waals surface area contributed by atoms with E-state index < -0.39 is 5.41 Å². The minimum Gasteiger partial charge on any atom is -0.354 e. The summed E-state index contributed by atoms with van der Waals surface area (Å²) >= 11 is 0. The second-order valence-corrected chi connectivity index (χ2v) is 5.80. The third-order valence-electron chi connectivity index (χ3n) is 3.98. The van der Waals surface area contributed by atoms with Gasteiger partial charge in [0.05, 0.1) is 5.41 Å². The highest BCUT2D eigenvalue weighted by Crippen LogP contribution is 2.30. The highest BCUT2D eigenvalue weighted by Gasteiger charge is 2.39. The van der Waals surface area contributed by atoms with Gasteiger partial charge in [-0.3, -0.25) is 9.59 Å². The molecule has 2 amide bonds. The van der Waals surface area contributed by atoms with Crippen molar-refractivity contribution in [3.8, 4) is 0 Å². The number of nitrogens with one attached hydrogen (secondary N) is 1. The van der Waals surface area contributed by atoms with Gasteiger partial charge in [0.2, 0.25) is 5.91 Å². The van der Waals surface area contributed by atoms with E-state index >= 15 is 0 Å². The molecule has 1 aliphatic heterocycles. The third kappa shape index (κ3) is 3.61. The second-order valence-electron chi connectivity index (χ2n) is 5.80. The Morgan fingerprint density at radius 3 is 2.71 bits per heavy atom. The lowest BCUT2D eigenvalue weighted by atomic mass is 9.80. The van der Waals surface area contributed by atoms with Crippen LogP contribution in [0.2, 0.25) is 0 Å². The summed E-state index contributed by atoms with van der Waals surface area (Å²) in [4.78, 5) is 26.6. The van der Waals surface area contributed by atoms with Crippen molar-refractivity contribution in [2.75, 3.05) is 26.2 Å². The molecule has 1 heterocycles. The molecule has 1 unspecified atom stereocenters. The Bertz CT molecular complexity index is 504. The summed E-state index contributed by atoms with van der Waals surface area (Å²) in [5.74, 6) is -0.0216. The van der Waals surface area contributed by atoms with Gasteiger partial charge in [0, 0.05) is 31.7 Å². The molecule has 21 heavy (non-hydrogen) atoms. The first-order valence-electron chi connectivity index (χ1n) is 7.39. The first kappa shape index (κ1) is 15.5. The molecule has 1 aromatic carbocycles. The van der Waals surface area contributed by atoms with E-state index in [1.165, 1.54) is 0 Å². The molecule has 1 atom stereocenters. The van der Waals surface area contributed by atoms with Gasteiger partial charge in [0.25, 0.3) is 5.91 Å². The van der Waals surface area contributed by atoms with Crippen molar-refractivity contribution in [3.05, 3.63) is 35.9 Å². The molecule has 1 fully saturated rings. The molecule has 1 aromatic rings. The third-order valence-corrected chi connectivity index (χ3v) is 3.98. The van der Waals surface area contributed by atoms with Gasteiger partial charge in [-0.25, -0.2) is 0 Å². The standard InChI is InChI=1S/C16H23N3O2/c1-16(15(21)18-10-9-17)8-5-11-19(12-16)14(20)13-6-3-2-4-7-13/h2-4,6-7H,5,8-12,17H2,1H3,(H,18,21). The van der Waals surface area contributed by atoms with Crippen molar-refractivity contribution in [2.45, 2.75) is 19.8 Å². The fraction of sp³-hybridized carbons (Fsp3) is 0.500. The summed E-state index contributed by atoms with van der Waals surface area (Å²) in [5, 5.41) is 2.84. The maximum absolute atomic E-state index is 12.5. The number of nitrogens with zero attached hydrogens (tertiary/aromatic N) is 1. The van der Waals surface area contributed by atoms with Crippen LogP contribution in [0, 0.1) is 5.41 Å². The molecule has 0 aromatic heterocycles.